The fraction of sp³-hybridized carbons (Fsp3) is 0.500. The number of halogens is 1. The molecule has 0 aromatic heterocycles. The number of hydrogen-bond acceptors (Lipinski definition) is 4. The molecule has 2 amide bonds. The monoisotopic (exact) mass is 394 g/mol. The maximum atomic E-state index is 12.9. The predicted molar refractivity (Wildman–Crippen MR) is 106 cm³/mol. The van der Waals surface area contributed by atoms with Crippen molar-refractivity contribution in [3.8, 4) is 5.75 Å². The first-order valence-corrected chi connectivity index (χ1v) is 9.84. The van der Waals surface area contributed by atoms with Crippen LogP contribution in [0, 0.1) is 0 Å². The minimum absolute atomic E-state index is 0.290. The molecule has 0 spiro atoms. The molecule has 7 heteroatoms. The molecule has 1 aromatic rings. The number of amides is 2. The molecule has 2 N–H and O–H groups in total. The number of allylic oxidation sites excluding steroid dienone is 1. The van der Waals surface area contributed by atoms with Crippen LogP contribution in [0.4, 0.5) is 4.79 Å². The molecule has 2 rings (SSSR count). The van der Waals surface area contributed by atoms with Crippen molar-refractivity contribution in [3.05, 3.63) is 34.5 Å². The molecular formula is C20H27ClN2O4. The Labute approximate surface area is 165 Å². The number of nitrogens with one attached hydrogen (secondary N) is 2. The van der Waals surface area contributed by atoms with E-state index in [9.17, 15) is 9.59 Å². The standard InChI is InChI=1S/C20H27ClN2O4/c1-3-22-20(25)27-17-9-7-5-6-8-12-23-19(24)18(17)15-11-10-14(26-4-2)13-16(15)21/h10-11,13H,3-9,12H2,1-2H3,(H,22,25)(H,23,24)/b18-17+. The van der Waals surface area contributed by atoms with Crippen molar-refractivity contribution >= 4 is 29.2 Å². The SMILES string of the molecule is CCNC(=O)O/C1=C(\c2ccc(OCC)cc2Cl)C(=O)NCCCCCC1. The summed E-state index contributed by atoms with van der Waals surface area (Å²) in [6.45, 7) is 5.23. The zero-order valence-corrected chi connectivity index (χ0v) is 16.7. The Morgan fingerprint density at radius 2 is 2.00 bits per heavy atom. The number of alkyl carbamates (subject to hydrolysis) is 1. The molecule has 0 aliphatic carbocycles. The summed E-state index contributed by atoms with van der Waals surface area (Å²) in [4.78, 5) is 24.9. The van der Waals surface area contributed by atoms with E-state index >= 15 is 0 Å². The third kappa shape index (κ3) is 6.17. The molecule has 0 unspecified atom stereocenters. The molecule has 0 bridgehead atoms. The summed E-state index contributed by atoms with van der Waals surface area (Å²) in [6, 6.07) is 5.16. The van der Waals surface area contributed by atoms with Crippen LogP contribution in [0.3, 0.4) is 0 Å². The van der Waals surface area contributed by atoms with E-state index in [1.165, 1.54) is 0 Å². The van der Waals surface area contributed by atoms with E-state index in [0.29, 0.717) is 53.8 Å². The lowest BCUT2D eigenvalue weighted by atomic mass is 9.99. The van der Waals surface area contributed by atoms with E-state index < -0.39 is 6.09 Å². The molecule has 6 nitrogen and oxygen atoms in total. The Kier molecular flexibility index (Phi) is 8.45. The molecule has 148 valence electrons. The molecule has 1 aliphatic heterocycles. The number of benzene rings is 1. The Balaban J connectivity index is 2.48. The summed E-state index contributed by atoms with van der Waals surface area (Å²) in [5, 5.41) is 5.88. The first-order valence-electron chi connectivity index (χ1n) is 9.46. The van der Waals surface area contributed by atoms with Crippen molar-refractivity contribution < 1.29 is 19.1 Å². The van der Waals surface area contributed by atoms with Gasteiger partial charge in [0.1, 0.15) is 11.5 Å². The smallest absolute Gasteiger partial charge is 0.412 e. The van der Waals surface area contributed by atoms with E-state index in [2.05, 4.69) is 10.6 Å². The van der Waals surface area contributed by atoms with Gasteiger partial charge >= 0.3 is 6.09 Å². The molecular weight excluding hydrogens is 368 g/mol. The average Bonchev–Trinajstić information content (AvgIpc) is 2.63. The normalized spacial score (nSPS) is 18.4. The third-order valence-electron chi connectivity index (χ3n) is 4.18. The summed E-state index contributed by atoms with van der Waals surface area (Å²) in [7, 11) is 0. The van der Waals surface area contributed by atoms with Gasteiger partial charge in [-0.05, 0) is 44.9 Å². The third-order valence-corrected chi connectivity index (χ3v) is 4.49. The molecule has 1 aliphatic rings. The highest BCUT2D eigenvalue weighted by Gasteiger charge is 2.24. The quantitative estimate of drug-likeness (QED) is 0.781. The van der Waals surface area contributed by atoms with Gasteiger partial charge in [-0.1, -0.05) is 24.4 Å². The zero-order chi connectivity index (χ0) is 19.6. The van der Waals surface area contributed by atoms with Crippen LogP contribution in [0.2, 0.25) is 5.02 Å². The summed E-state index contributed by atoms with van der Waals surface area (Å²) in [5.41, 5.74) is 0.827. The molecule has 1 heterocycles. The van der Waals surface area contributed by atoms with Gasteiger partial charge in [0, 0.05) is 25.1 Å². The van der Waals surface area contributed by atoms with Crippen LogP contribution in [0.5, 0.6) is 5.75 Å². The summed E-state index contributed by atoms with van der Waals surface area (Å²) < 4.78 is 11.0. The highest BCUT2D eigenvalue weighted by atomic mass is 35.5. The van der Waals surface area contributed by atoms with Gasteiger partial charge in [-0.25, -0.2) is 4.79 Å². The number of carbonyl (C=O) groups excluding carboxylic acids is 2. The lowest BCUT2D eigenvalue weighted by Gasteiger charge is -2.19. The lowest BCUT2D eigenvalue weighted by Crippen LogP contribution is -2.29. The number of hydrogen-bond donors (Lipinski definition) is 2. The maximum absolute atomic E-state index is 12.9. The Hall–Kier alpha value is -2.21. The van der Waals surface area contributed by atoms with Crippen LogP contribution in [-0.4, -0.2) is 31.7 Å². The molecule has 0 fully saturated rings. The van der Waals surface area contributed by atoms with E-state index in [0.717, 1.165) is 25.7 Å². The van der Waals surface area contributed by atoms with Crippen molar-refractivity contribution in [1.82, 2.24) is 10.6 Å². The van der Waals surface area contributed by atoms with Crippen molar-refractivity contribution in [1.29, 1.82) is 0 Å². The average molecular weight is 395 g/mol. The van der Waals surface area contributed by atoms with Crippen molar-refractivity contribution in [2.24, 2.45) is 0 Å². The van der Waals surface area contributed by atoms with Gasteiger partial charge < -0.3 is 20.1 Å². The molecule has 0 saturated heterocycles. The second kappa shape index (κ2) is 10.8. The molecule has 0 saturated carbocycles. The molecule has 1 aromatic carbocycles. The lowest BCUT2D eigenvalue weighted by molar-refractivity contribution is -0.115. The van der Waals surface area contributed by atoms with Gasteiger partial charge in [0.2, 0.25) is 0 Å². The second-order valence-electron chi connectivity index (χ2n) is 6.21. The van der Waals surface area contributed by atoms with Crippen molar-refractivity contribution in [2.75, 3.05) is 19.7 Å². The Bertz CT molecular complexity index is 703. The first kappa shape index (κ1) is 21.1. The van der Waals surface area contributed by atoms with Crippen LogP contribution in [0.25, 0.3) is 5.57 Å². The van der Waals surface area contributed by atoms with Crippen molar-refractivity contribution in [3.63, 3.8) is 0 Å². The minimum atomic E-state index is -0.572. The summed E-state index contributed by atoms with van der Waals surface area (Å²) in [6.07, 6.45) is 3.69. The first-order chi connectivity index (χ1) is 13.1. The highest BCUT2D eigenvalue weighted by molar-refractivity contribution is 6.35. The second-order valence-corrected chi connectivity index (χ2v) is 6.62. The maximum Gasteiger partial charge on any atom is 0.412 e. The van der Waals surface area contributed by atoms with Crippen LogP contribution in [-0.2, 0) is 9.53 Å². The van der Waals surface area contributed by atoms with Crippen LogP contribution in [0.1, 0.15) is 51.5 Å². The largest absolute Gasteiger partial charge is 0.494 e. The van der Waals surface area contributed by atoms with Crippen LogP contribution in [0.15, 0.2) is 24.0 Å². The van der Waals surface area contributed by atoms with Gasteiger partial charge in [0.25, 0.3) is 5.91 Å². The topological polar surface area (TPSA) is 76.7 Å². The minimum Gasteiger partial charge on any atom is -0.494 e. The molecule has 0 radical (unpaired) electrons. The molecule has 0 atom stereocenters. The van der Waals surface area contributed by atoms with Gasteiger partial charge in [-0.2, -0.15) is 0 Å². The summed E-state index contributed by atoms with van der Waals surface area (Å²) >= 11 is 6.44. The van der Waals surface area contributed by atoms with E-state index in [1.54, 1.807) is 25.1 Å². The fourth-order valence-corrected chi connectivity index (χ4v) is 3.19. The van der Waals surface area contributed by atoms with Gasteiger partial charge in [-0.3, -0.25) is 4.79 Å². The van der Waals surface area contributed by atoms with Gasteiger partial charge in [0.15, 0.2) is 0 Å². The van der Waals surface area contributed by atoms with Gasteiger partial charge in [-0.15, -0.1) is 0 Å². The highest BCUT2D eigenvalue weighted by Crippen LogP contribution is 2.32. The Morgan fingerprint density at radius 3 is 2.70 bits per heavy atom. The van der Waals surface area contributed by atoms with E-state index in [1.807, 2.05) is 6.92 Å². The van der Waals surface area contributed by atoms with Gasteiger partial charge in [0.05, 0.1) is 17.2 Å². The summed E-state index contributed by atoms with van der Waals surface area (Å²) in [5.74, 6) is 0.673. The fourth-order valence-electron chi connectivity index (χ4n) is 2.93. The number of carbonyl (C=O) groups is 2. The van der Waals surface area contributed by atoms with Crippen LogP contribution < -0.4 is 15.4 Å². The van der Waals surface area contributed by atoms with E-state index in [-0.39, 0.29) is 5.91 Å². The van der Waals surface area contributed by atoms with Crippen LogP contribution >= 0.6 is 11.6 Å². The molecule has 27 heavy (non-hydrogen) atoms. The van der Waals surface area contributed by atoms with E-state index in [4.69, 9.17) is 21.1 Å². The zero-order valence-electron chi connectivity index (χ0n) is 15.9. The Morgan fingerprint density at radius 1 is 1.22 bits per heavy atom. The number of ether oxygens (including phenoxy) is 2. The number of rotatable bonds is 5. The van der Waals surface area contributed by atoms with Crippen molar-refractivity contribution in [2.45, 2.75) is 46.0 Å². The predicted octanol–water partition coefficient (Wildman–Crippen LogP) is 4.28.